The van der Waals surface area contributed by atoms with Crippen LogP contribution in [0.15, 0.2) is 42.0 Å². The second-order valence-corrected chi connectivity index (χ2v) is 6.91. The zero-order valence-electron chi connectivity index (χ0n) is 14.9. The number of hydrogen-bond donors (Lipinski definition) is 1. The largest absolute Gasteiger partial charge is 0.393 e. The Hall–Kier alpha value is -1.69. The molecule has 0 unspecified atom stereocenters. The van der Waals surface area contributed by atoms with E-state index < -0.39 is 0 Å². The molecule has 5 nitrogen and oxygen atoms in total. The molecule has 1 saturated heterocycles. The monoisotopic (exact) mass is 344 g/mol. The highest BCUT2D eigenvalue weighted by Crippen LogP contribution is 2.28. The van der Waals surface area contributed by atoms with Gasteiger partial charge in [0.15, 0.2) is 0 Å². The summed E-state index contributed by atoms with van der Waals surface area (Å²) in [7, 11) is 1.70. The van der Waals surface area contributed by atoms with Crippen molar-refractivity contribution < 1.29 is 14.6 Å². The van der Waals surface area contributed by atoms with Gasteiger partial charge in [0.25, 0.3) is 0 Å². The Morgan fingerprint density at radius 3 is 2.56 bits per heavy atom. The van der Waals surface area contributed by atoms with E-state index in [-0.39, 0.29) is 18.1 Å². The zero-order valence-corrected chi connectivity index (χ0v) is 14.9. The van der Waals surface area contributed by atoms with Gasteiger partial charge in [-0.15, -0.1) is 0 Å². The molecule has 25 heavy (non-hydrogen) atoms. The van der Waals surface area contributed by atoms with Gasteiger partial charge in [-0.2, -0.15) is 0 Å². The highest BCUT2D eigenvalue weighted by Gasteiger charge is 2.33. The molecule has 0 bridgehead atoms. The summed E-state index contributed by atoms with van der Waals surface area (Å²) >= 11 is 0. The molecule has 1 N–H and O–H groups in total. The van der Waals surface area contributed by atoms with Crippen molar-refractivity contribution in [1.29, 1.82) is 0 Å². The molecule has 0 saturated carbocycles. The number of likely N-dealkylation sites (tertiary alicyclic amines) is 1. The van der Waals surface area contributed by atoms with Crippen LogP contribution in [0.5, 0.6) is 0 Å². The van der Waals surface area contributed by atoms with Crippen molar-refractivity contribution in [2.75, 3.05) is 39.9 Å². The molecule has 0 spiro atoms. The summed E-state index contributed by atoms with van der Waals surface area (Å²) in [5, 5.41) is 9.80. The SMILES string of the molecule is COCC1=CCN(C(=O)[C@H](c2ccccc2)N2CCC(O)CC2)CC1. The minimum atomic E-state index is -0.258. The maximum absolute atomic E-state index is 13.3. The summed E-state index contributed by atoms with van der Waals surface area (Å²) in [6, 6.07) is 9.76. The second kappa shape index (κ2) is 8.61. The zero-order chi connectivity index (χ0) is 17.6. The van der Waals surface area contributed by atoms with E-state index in [2.05, 4.69) is 11.0 Å². The molecule has 0 aliphatic carbocycles. The predicted octanol–water partition coefficient (Wildman–Crippen LogP) is 1.99. The van der Waals surface area contributed by atoms with Crippen LogP contribution in [0.1, 0.15) is 30.9 Å². The fourth-order valence-electron chi connectivity index (χ4n) is 3.69. The van der Waals surface area contributed by atoms with Crippen molar-refractivity contribution in [3.8, 4) is 0 Å². The Morgan fingerprint density at radius 2 is 1.96 bits per heavy atom. The van der Waals surface area contributed by atoms with Crippen LogP contribution in [0.25, 0.3) is 0 Å². The van der Waals surface area contributed by atoms with Crippen LogP contribution in [0.3, 0.4) is 0 Å². The average Bonchev–Trinajstić information content (AvgIpc) is 2.65. The van der Waals surface area contributed by atoms with E-state index in [4.69, 9.17) is 4.74 Å². The number of methoxy groups -OCH3 is 1. The number of rotatable bonds is 5. The molecule has 1 amide bonds. The van der Waals surface area contributed by atoms with Crippen LogP contribution in [0.2, 0.25) is 0 Å². The molecule has 2 aliphatic rings. The number of ether oxygens (including phenoxy) is 1. The van der Waals surface area contributed by atoms with Gasteiger partial charge in [0.2, 0.25) is 5.91 Å². The first-order valence-electron chi connectivity index (χ1n) is 9.11. The first-order valence-corrected chi connectivity index (χ1v) is 9.11. The van der Waals surface area contributed by atoms with Crippen molar-refractivity contribution in [3.63, 3.8) is 0 Å². The minimum absolute atomic E-state index is 0.162. The lowest BCUT2D eigenvalue weighted by Gasteiger charge is -2.38. The number of aliphatic hydroxyl groups excluding tert-OH is 1. The van der Waals surface area contributed by atoms with Gasteiger partial charge < -0.3 is 14.7 Å². The van der Waals surface area contributed by atoms with Crippen molar-refractivity contribution in [2.24, 2.45) is 0 Å². The molecule has 0 aromatic heterocycles. The Balaban J connectivity index is 1.76. The third-order valence-electron chi connectivity index (χ3n) is 5.16. The lowest BCUT2D eigenvalue weighted by Crippen LogP contribution is -2.47. The molecule has 1 aromatic rings. The van der Waals surface area contributed by atoms with Gasteiger partial charge in [-0.05, 0) is 30.4 Å². The molecular weight excluding hydrogens is 316 g/mol. The number of carbonyl (C=O) groups excluding carboxylic acids is 1. The van der Waals surface area contributed by atoms with Gasteiger partial charge in [0.05, 0.1) is 12.7 Å². The number of carbonyl (C=O) groups is 1. The molecule has 1 atom stereocenters. The second-order valence-electron chi connectivity index (χ2n) is 6.91. The third kappa shape index (κ3) is 4.48. The number of hydrogen-bond acceptors (Lipinski definition) is 4. The third-order valence-corrected chi connectivity index (χ3v) is 5.16. The van der Waals surface area contributed by atoms with Gasteiger partial charge in [-0.1, -0.05) is 36.4 Å². The first kappa shape index (κ1) is 18.1. The molecule has 2 aliphatic heterocycles. The maximum atomic E-state index is 13.3. The van der Waals surface area contributed by atoms with E-state index in [1.54, 1.807) is 7.11 Å². The average molecular weight is 344 g/mol. The van der Waals surface area contributed by atoms with E-state index in [0.29, 0.717) is 13.2 Å². The first-order chi connectivity index (χ1) is 12.2. The number of amides is 1. The molecule has 3 rings (SSSR count). The molecule has 0 radical (unpaired) electrons. The highest BCUT2D eigenvalue weighted by atomic mass is 16.5. The lowest BCUT2D eigenvalue weighted by atomic mass is 9.98. The lowest BCUT2D eigenvalue weighted by molar-refractivity contribution is -0.138. The van der Waals surface area contributed by atoms with Crippen LogP contribution < -0.4 is 0 Å². The van der Waals surface area contributed by atoms with Crippen LogP contribution in [-0.2, 0) is 9.53 Å². The van der Waals surface area contributed by atoms with E-state index in [0.717, 1.165) is 44.5 Å². The molecule has 136 valence electrons. The van der Waals surface area contributed by atoms with Gasteiger partial charge in [-0.25, -0.2) is 0 Å². The molecule has 1 aromatic carbocycles. The number of piperidine rings is 1. The van der Waals surface area contributed by atoms with Crippen molar-refractivity contribution in [1.82, 2.24) is 9.80 Å². The van der Waals surface area contributed by atoms with Crippen LogP contribution >= 0.6 is 0 Å². The molecule has 5 heteroatoms. The standard InChI is InChI=1S/C20H28N2O3/c1-25-15-16-7-11-22(12-8-16)20(24)19(17-5-3-2-4-6-17)21-13-9-18(23)10-14-21/h2-7,18-19,23H,8-15H2,1H3/t19-/m0/s1. The Morgan fingerprint density at radius 1 is 1.24 bits per heavy atom. The van der Waals surface area contributed by atoms with E-state index in [1.807, 2.05) is 35.2 Å². The summed E-state index contributed by atoms with van der Waals surface area (Å²) < 4.78 is 5.20. The Labute approximate surface area is 149 Å². The van der Waals surface area contributed by atoms with Gasteiger partial charge >= 0.3 is 0 Å². The summed E-state index contributed by atoms with van der Waals surface area (Å²) in [4.78, 5) is 17.5. The van der Waals surface area contributed by atoms with Crippen LogP contribution in [0.4, 0.5) is 0 Å². The van der Waals surface area contributed by atoms with Gasteiger partial charge in [0, 0.05) is 33.3 Å². The summed E-state index contributed by atoms with van der Waals surface area (Å²) in [5.74, 6) is 0.162. The van der Waals surface area contributed by atoms with E-state index in [1.165, 1.54) is 5.57 Å². The van der Waals surface area contributed by atoms with Gasteiger partial charge in [0.1, 0.15) is 6.04 Å². The number of nitrogens with zero attached hydrogens (tertiary/aromatic N) is 2. The Kier molecular flexibility index (Phi) is 6.24. The smallest absolute Gasteiger partial charge is 0.244 e. The number of benzene rings is 1. The normalized spacial score (nSPS) is 21.0. The highest BCUT2D eigenvalue weighted by molar-refractivity contribution is 5.83. The number of aliphatic hydroxyl groups is 1. The van der Waals surface area contributed by atoms with Gasteiger partial charge in [-0.3, -0.25) is 9.69 Å². The molecular formula is C20H28N2O3. The minimum Gasteiger partial charge on any atom is -0.393 e. The molecule has 1 fully saturated rings. The van der Waals surface area contributed by atoms with E-state index in [9.17, 15) is 9.90 Å². The van der Waals surface area contributed by atoms with Crippen molar-refractivity contribution in [3.05, 3.63) is 47.5 Å². The van der Waals surface area contributed by atoms with Crippen LogP contribution in [0, 0.1) is 0 Å². The van der Waals surface area contributed by atoms with Crippen molar-refractivity contribution >= 4 is 5.91 Å². The fourth-order valence-corrected chi connectivity index (χ4v) is 3.69. The molecule has 2 heterocycles. The fraction of sp³-hybridized carbons (Fsp3) is 0.550. The summed E-state index contributed by atoms with van der Waals surface area (Å²) in [6.07, 6.45) is 4.22. The topological polar surface area (TPSA) is 53.0 Å². The predicted molar refractivity (Wildman–Crippen MR) is 97.2 cm³/mol. The summed E-state index contributed by atoms with van der Waals surface area (Å²) in [6.45, 7) is 3.55. The van der Waals surface area contributed by atoms with Crippen molar-refractivity contribution in [2.45, 2.75) is 31.4 Å². The van der Waals surface area contributed by atoms with E-state index >= 15 is 0 Å². The maximum Gasteiger partial charge on any atom is 0.244 e. The Bertz CT molecular complexity index is 594. The quantitative estimate of drug-likeness (QED) is 0.830. The summed E-state index contributed by atoms with van der Waals surface area (Å²) in [5.41, 5.74) is 2.31. The van der Waals surface area contributed by atoms with Crippen LogP contribution in [-0.4, -0.2) is 66.8 Å².